The molecule has 144 valence electrons. The Bertz CT molecular complexity index is 626. The fraction of sp³-hybridized carbons (Fsp3) is 0.650. The van der Waals surface area contributed by atoms with Crippen molar-refractivity contribution in [3.63, 3.8) is 0 Å². The van der Waals surface area contributed by atoms with Gasteiger partial charge in [0.05, 0.1) is 13.7 Å². The van der Waals surface area contributed by atoms with Crippen LogP contribution < -0.4 is 15.4 Å². The molecular formula is C20H32N4O2. The van der Waals surface area contributed by atoms with E-state index in [9.17, 15) is 4.79 Å². The number of ether oxygens (including phenoxy) is 1. The lowest BCUT2D eigenvalue weighted by Crippen LogP contribution is -2.45. The van der Waals surface area contributed by atoms with Crippen molar-refractivity contribution < 1.29 is 9.53 Å². The molecule has 6 heteroatoms. The fourth-order valence-corrected chi connectivity index (χ4v) is 3.98. The molecule has 2 heterocycles. The lowest BCUT2D eigenvalue weighted by molar-refractivity contribution is -0.120. The number of nitrogens with two attached hydrogens (primary N) is 1. The smallest absolute Gasteiger partial charge is 0.146 e. The van der Waals surface area contributed by atoms with Crippen molar-refractivity contribution in [3.8, 4) is 5.75 Å². The van der Waals surface area contributed by atoms with Gasteiger partial charge in [0.2, 0.25) is 0 Å². The summed E-state index contributed by atoms with van der Waals surface area (Å²) in [6.07, 6.45) is 2.30. The molecule has 3 rings (SSSR count). The number of rotatable bonds is 7. The maximum atomic E-state index is 12.2. The largest absolute Gasteiger partial charge is 0.496 e. The predicted molar refractivity (Wildman–Crippen MR) is 105 cm³/mol. The summed E-state index contributed by atoms with van der Waals surface area (Å²) in [5.74, 6) is 1.27. The monoisotopic (exact) mass is 360 g/mol. The normalized spacial score (nSPS) is 18.7. The van der Waals surface area contributed by atoms with Crippen LogP contribution >= 0.6 is 0 Å². The summed E-state index contributed by atoms with van der Waals surface area (Å²) in [6.45, 7) is 7.10. The third-order valence-corrected chi connectivity index (χ3v) is 5.55. The SMILES string of the molecule is COc1ccc(N2CCN(C)CC2)c2c1CCN(CC(=O)CCCN)C2. The van der Waals surface area contributed by atoms with Gasteiger partial charge in [-0.15, -0.1) is 0 Å². The number of fused-ring (bicyclic) bond motifs is 1. The van der Waals surface area contributed by atoms with E-state index in [1.165, 1.54) is 16.8 Å². The van der Waals surface area contributed by atoms with Crippen molar-refractivity contribution in [2.24, 2.45) is 5.73 Å². The number of hydrogen-bond acceptors (Lipinski definition) is 6. The van der Waals surface area contributed by atoms with Crippen LogP contribution in [0, 0.1) is 0 Å². The van der Waals surface area contributed by atoms with Crippen LogP contribution in [-0.2, 0) is 17.8 Å². The molecule has 1 fully saturated rings. The van der Waals surface area contributed by atoms with E-state index in [1.54, 1.807) is 7.11 Å². The quantitative estimate of drug-likeness (QED) is 0.786. The van der Waals surface area contributed by atoms with Gasteiger partial charge in [0, 0.05) is 56.9 Å². The number of carbonyl (C=O) groups excluding carboxylic acids is 1. The van der Waals surface area contributed by atoms with E-state index in [2.05, 4.69) is 33.9 Å². The molecule has 0 unspecified atom stereocenters. The van der Waals surface area contributed by atoms with E-state index in [0.29, 0.717) is 25.3 Å². The van der Waals surface area contributed by atoms with Gasteiger partial charge in [-0.25, -0.2) is 0 Å². The highest BCUT2D eigenvalue weighted by molar-refractivity contribution is 5.80. The van der Waals surface area contributed by atoms with Gasteiger partial charge in [-0.05, 0) is 44.1 Å². The van der Waals surface area contributed by atoms with E-state index < -0.39 is 0 Å². The molecule has 0 radical (unpaired) electrons. The summed E-state index contributed by atoms with van der Waals surface area (Å²) in [7, 11) is 3.92. The Morgan fingerprint density at radius 3 is 2.62 bits per heavy atom. The highest BCUT2D eigenvalue weighted by Crippen LogP contribution is 2.35. The molecule has 1 saturated heterocycles. The highest BCUT2D eigenvalue weighted by Gasteiger charge is 2.26. The van der Waals surface area contributed by atoms with E-state index >= 15 is 0 Å². The van der Waals surface area contributed by atoms with Crippen LogP contribution in [0.1, 0.15) is 24.0 Å². The number of benzene rings is 1. The van der Waals surface area contributed by atoms with Gasteiger partial charge in [-0.2, -0.15) is 0 Å². The van der Waals surface area contributed by atoms with Crippen molar-refractivity contribution in [2.75, 3.05) is 64.9 Å². The van der Waals surface area contributed by atoms with E-state index in [4.69, 9.17) is 10.5 Å². The third-order valence-electron chi connectivity index (χ3n) is 5.55. The average Bonchev–Trinajstić information content (AvgIpc) is 2.66. The van der Waals surface area contributed by atoms with Crippen LogP contribution in [0.2, 0.25) is 0 Å². The molecule has 0 amide bonds. The zero-order valence-electron chi connectivity index (χ0n) is 16.2. The van der Waals surface area contributed by atoms with Crippen LogP contribution in [0.4, 0.5) is 5.69 Å². The molecule has 0 bridgehead atoms. The number of anilines is 1. The molecule has 0 aliphatic carbocycles. The van der Waals surface area contributed by atoms with Gasteiger partial charge in [0.25, 0.3) is 0 Å². The molecule has 2 aliphatic rings. The summed E-state index contributed by atoms with van der Waals surface area (Å²) < 4.78 is 5.62. The number of ketones is 1. The van der Waals surface area contributed by atoms with Crippen molar-refractivity contribution in [3.05, 3.63) is 23.3 Å². The van der Waals surface area contributed by atoms with Gasteiger partial charge >= 0.3 is 0 Å². The van der Waals surface area contributed by atoms with Crippen molar-refractivity contribution in [1.29, 1.82) is 0 Å². The Morgan fingerprint density at radius 1 is 1.15 bits per heavy atom. The highest BCUT2D eigenvalue weighted by atomic mass is 16.5. The van der Waals surface area contributed by atoms with Crippen molar-refractivity contribution >= 4 is 11.5 Å². The maximum Gasteiger partial charge on any atom is 0.146 e. The molecule has 2 aliphatic heterocycles. The third kappa shape index (κ3) is 4.37. The summed E-state index contributed by atoms with van der Waals surface area (Å²) >= 11 is 0. The Hall–Kier alpha value is -1.63. The molecule has 0 aromatic heterocycles. The topological polar surface area (TPSA) is 62.0 Å². The minimum Gasteiger partial charge on any atom is -0.496 e. The molecule has 0 spiro atoms. The predicted octanol–water partition coefficient (Wildman–Crippen LogP) is 1.11. The van der Waals surface area contributed by atoms with Gasteiger partial charge in [-0.3, -0.25) is 9.69 Å². The maximum absolute atomic E-state index is 12.2. The fourth-order valence-electron chi connectivity index (χ4n) is 3.98. The Labute approximate surface area is 156 Å². The number of nitrogens with zero attached hydrogens (tertiary/aromatic N) is 3. The first-order chi connectivity index (χ1) is 12.6. The minimum absolute atomic E-state index is 0.294. The van der Waals surface area contributed by atoms with Crippen molar-refractivity contribution in [2.45, 2.75) is 25.8 Å². The minimum atomic E-state index is 0.294. The van der Waals surface area contributed by atoms with E-state index in [-0.39, 0.29) is 0 Å². The van der Waals surface area contributed by atoms with Gasteiger partial charge in [-0.1, -0.05) is 0 Å². The van der Waals surface area contributed by atoms with Crippen LogP contribution in [0.25, 0.3) is 0 Å². The Kier molecular flexibility index (Phi) is 6.51. The number of methoxy groups -OCH3 is 1. The average molecular weight is 361 g/mol. The number of likely N-dealkylation sites (N-methyl/N-ethyl adjacent to an activating group) is 1. The Balaban J connectivity index is 1.78. The van der Waals surface area contributed by atoms with E-state index in [1.807, 2.05) is 0 Å². The standard InChI is InChI=1S/C20H32N4O2/c1-22-10-12-24(13-11-22)19-5-6-20(26-2)17-7-9-23(15-18(17)19)14-16(25)4-3-8-21/h5-6H,3-4,7-15,21H2,1-2H3. The molecule has 1 aromatic rings. The number of hydrogen-bond donors (Lipinski definition) is 1. The Morgan fingerprint density at radius 2 is 1.92 bits per heavy atom. The van der Waals surface area contributed by atoms with Gasteiger partial charge < -0.3 is 20.3 Å². The second-order valence-corrected chi connectivity index (χ2v) is 7.43. The first kappa shape index (κ1) is 19.1. The molecule has 6 nitrogen and oxygen atoms in total. The number of piperazine rings is 1. The van der Waals surface area contributed by atoms with Crippen LogP contribution in [0.5, 0.6) is 5.75 Å². The van der Waals surface area contributed by atoms with E-state index in [0.717, 1.165) is 57.9 Å². The van der Waals surface area contributed by atoms with Gasteiger partial charge in [0.15, 0.2) is 0 Å². The summed E-state index contributed by atoms with van der Waals surface area (Å²) in [5.41, 5.74) is 9.50. The number of Topliss-reactive ketones (excluding diaryl/α,β-unsaturated/α-hetero) is 1. The first-order valence-corrected chi connectivity index (χ1v) is 9.68. The summed E-state index contributed by atoms with van der Waals surface area (Å²) in [6, 6.07) is 4.30. The summed E-state index contributed by atoms with van der Waals surface area (Å²) in [4.78, 5) is 19.3. The molecular weight excluding hydrogens is 328 g/mol. The second kappa shape index (κ2) is 8.84. The zero-order chi connectivity index (χ0) is 18.5. The molecule has 1 aromatic carbocycles. The lowest BCUT2D eigenvalue weighted by Gasteiger charge is -2.38. The summed E-state index contributed by atoms with van der Waals surface area (Å²) in [5, 5.41) is 0. The molecule has 2 N–H and O–H groups in total. The van der Waals surface area contributed by atoms with Crippen LogP contribution in [-0.4, -0.2) is 75.6 Å². The first-order valence-electron chi connectivity index (χ1n) is 9.68. The number of carbonyl (C=O) groups is 1. The van der Waals surface area contributed by atoms with Crippen LogP contribution in [0.3, 0.4) is 0 Å². The second-order valence-electron chi connectivity index (χ2n) is 7.43. The lowest BCUT2D eigenvalue weighted by atomic mass is 9.95. The van der Waals surface area contributed by atoms with Crippen LogP contribution in [0.15, 0.2) is 12.1 Å². The van der Waals surface area contributed by atoms with Crippen molar-refractivity contribution in [1.82, 2.24) is 9.80 Å². The molecule has 26 heavy (non-hydrogen) atoms. The van der Waals surface area contributed by atoms with Gasteiger partial charge in [0.1, 0.15) is 11.5 Å². The zero-order valence-corrected chi connectivity index (χ0v) is 16.2. The molecule has 0 saturated carbocycles. The molecule has 0 atom stereocenters.